The van der Waals surface area contributed by atoms with Crippen LogP contribution in [0, 0.1) is 13.8 Å². The lowest BCUT2D eigenvalue weighted by atomic mass is 10.0. The maximum atomic E-state index is 13.5. The summed E-state index contributed by atoms with van der Waals surface area (Å²) in [6.45, 7) is 3.50. The molecule has 0 saturated carbocycles. The number of alkyl halides is 3. The molecule has 1 aromatic carbocycles. The van der Waals surface area contributed by atoms with E-state index in [0.29, 0.717) is 23.4 Å². The van der Waals surface area contributed by atoms with Crippen molar-refractivity contribution in [3.05, 3.63) is 82.9 Å². The molecule has 4 rings (SSSR count). The van der Waals surface area contributed by atoms with Gasteiger partial charge in [-0.15, -0.1) is 0 Å². The van der Waals surface area contributed by atoms with E-state index in [9.17, 15) is 18.0 Å². The summed E-state index contributed by atoms with van der Waals surface area (Å²) in [7, 11) is 0. The van der Waals surface area contributed by atoms with Gasteiger partial charge in [-0.2, -0.15) is 18.2 Å². The van der Waals surface area contributed by atoms with E-state index in [-0.39, 0.29) is 24.4 Å². The third-order valence-electron chi connectivity index (χ3n) is 5.19. The van der Waals surface area contributed by atoms with Crippen LogP contribution in [0.1, 0.15) is 27.9 Å². The maximum absolute atomic E-state index is 13.5. The lowest BCUT2D eigenvalue weighted by Crippen LogP contribution is -2.43. The van der Waals surface area contributed by atoms with E-state index in [0.717, 1.165) is 16.7 Å². The van der Waals surface area contributed by atoms with Crippen molar-refractivity contribution in [1.82, 2.24) is 9.97 Å². The number of aryl methyl sites for hydroxylation is 2. The Morgan fingerprint density at radius 2 is 2.00 bits per heavy atom. The Bertz CT molecular complexity index is 1140. The van der Waals surface area contributed by atoms with Crippen LogP contribution in [-0.2, 0) is 24.0 Å². The average molecular weight is 442 g/mol. The van der Waals surface area contributed by atoms with E-state index in [1.54, 1.807) is 36.7 Å². The Balaban J connectivity index is 1.68. The fourth-order valence-corrected chi connectivity index (χ4v) is 3.68. The Morgan fingerprint density at radius 3 is 2.69 bits per heavy atom. The molecule has 0 saturated heterocycles. The van der Waals surface area contributed by atoms with Gasteiger partial charge in [-0.25, -0.2) is 4.79 Å². The number of carbonyl (C=O) groups is 1. The van der Waals surface area contributed by atoms with Gasteiger partial charge in [-0.3, -0.25) is 19.7 Å². The summed E-state index contributed by atoms with van der Waals surface area (Å²) in [5, 5.41) is 1.07. The number of urea groups is 1. The third kappa shape index (κ3) is 4.43. The van der Waals surface area contributed by atoms with Crippen LogP contribution < -0.4 is 9.96 Å². The summed E-state index contributed by atoms with van der Waals surface area (Å²) in [5.41, 5.74) is 2.09. The van der Waals surface area contributed by atoms with Gasteiger partial charge in [-0.05, 0) is 61.2 Å². The Labute approximate surface area is 183 Å². The molecule has 32 heavy (non-hydrogen) atoms. The first-order chi connectivity index (χ1) is 15.2. The zero-order chi connectivity index (χ0) is 22.9. The van der Waals surface area contributed by atoms with Crippen LogP contribution in [0.15, 0.2) is 55.0 Å². The van der Waals surface area contributed by atoms with Gasteiger partial charge in [0.25, 0.3) is 0 Å². The average Bonchev–Trinajstić information content (AvgIpc) is 3.16. The van der Waals surface area contributed by atoms with Gasteiger partial charge >= 0.3 is 12.2 Å². The number of aromatic nitrogens is 2. The number of hydrogen-bond acceptors (Lipinski definition) is 4. The Kier molecular flexibility index (Phi) is 5.84. The van der Waals surface area contributed by atoms with Crippen molar-refractivity contribution >= 4 is 17.4 Å². The second kappa shape index (κ2) is 8.58. The van der Waals surface area contributed by atoms with Crippen LogP contribution in [0.5, 0.6) is 0 Å². The van der Waals surface area contributed by atoms with Gasteiger partial charge in [0, 0.05) is 24.6 Å². The smallest absolute Gasteiger partial charge is 0.292 e. The molecule has 0 unspecified atom stereocenters. The van der Waals surface area contributed by atoms with E-state index >= 15 is 0 Å². The molecule has 1 aliphatic heterocycles. The van der Waals surface area contributed by atoms with Crippen molar-refractivity contribution in [2.75, 3.05) is 16.5 Å². The highest BCUT2D eigenvalue weighted by molar-refractivity contribution is 6.03. The first-order valence-corrected chi connectivity index (χ1v) is 10.0. The molecule has 0 fully saturated rings. The fourth-order valence-electron chi connectivity index (χ4n) is 3.68. The summed E-state index contributed by atoms with van der Waals surface area (Å²) in [6, 6.07) is 8.98. The number of amides is 2. The molecule has 3 aromatic rings. The minimum absolute atomic E-state index is 0.00289. The van der Waals surface area contributed by atoms with E-state index in [2.05, 4.69) is 9.97 Å². The van der Waals surface area contributed by atoms with Crippen molar-refractivity contribution in [1.29, 1.82) is 0 Å². The third-order valence-corrected chi connectivity index (χ3v) is 5.19. The highest BCUT2D eigenvalue weighted by atomic mass is 19.4. The van der Waals surface area contributed by atoms with Crippen molar-refractivity contribution in [3.8, 4) is 0 Å². The molecule has 0 spiro atoms. The molecule has 166 valence electrons. The van der Waals surface area contributed by atoms with Crippen molar-refractivity contribution < 1.29 is 22.8 Å². The minimum atomic E-state index is -4.51. The van der Waals surface area contributed by atoms with Crippen LogP contribution in [-0.4, -0.2) is 22.5 Å². The fraction of sp³-hybridized carbons (Fsp3) is 0.261. The number of hydroxylamine groups is 1. The van der Waals surface area contributed by atoms with E-state index in [1.807, 2.05) is 6.92 Å². The zero-order valence-corrected chi connectivity index (χ0v) is 17.6. The number of carbonyl (C=O) groups excluding carboxylic acids is 1. The number of anilines is 2. The van der Waals surface area contributed by atoms with Gasteiger partial charge in [0.1, 0.15) is 6.61 Å². The number of halogens is 3. The quantitative estimate of drug-likeness (QED) is 0.519. The first-order valence-electron chi connectivity index (χ1n) is 10.0. The number of fused-ring (bicyclic) bond motifs is 1. The van der Waals surface area contributed by atoms with Gasteiger partial charge < -0.3 is 0 Å². The highest BCUT2D eigenvalue weighted by Crippen LogP contribution is 2.39. The normalized spacial score (nSPS) is 13.2. The summed E-state index contributed by atoms with van der Waals surface area (Å²) < 4.78 is 40.4. The molecule has 1 aliphatic rings. The van der Waals surface area contributed by atoms with Crippen LogP contribution in [0.3, 0.4) is 0 Å². The maximum Gasteiger partial charge on any atom is 0.416 e. The highest BCUT2D eigenvalue weighted by Gasteiger charge is 2.37. The molecule has 0 bridgehead atoms. The summed E-state index contributed by atoms with van der Waals surface area (Å²) >= 11 is 0. The predicted molar refractivity (Wildman–Crippen MR) is 113 cm³/mol. The lowest BCUT2D eigenvalue weighted by Gasteiger charge is -2.28. The molecule has 0 N–H and O–H groups in total. The second-order valence-corrected chi connectivity index (χ2v) is 7.59. The van der Waals surface area contributed by atoms with Gasteiger partial charge in [0.05, 0.1) is 23.1 Å². The van der Waals surface area contributed by atoms with Crippen LogP contribution in [0.4, 0.5) is 29.3 Å². The standard InChI is InChI=1S/C23H21F3N4O2/c1-15-9-19(13-27-12-15)30(32-14-18-5-3-4-7-28-18)22(31)29-8-6-17-10-16(2)20(11-21(17)29)23(24,25)26/h3-5,7,9-13H,6,8,14H2,1-2H3. The number of nitrogens with zero attached hydrogens (tertiary/aromatic N) is 4. The van der Waals surface area contributed by atoms with Crippen molar-refractivity contribution in [3.63, 3.8) is 0 Å². The van der Waals surface area contributed by atoms with Gasteiger partial charge in [-0.1, -0.05) is 12.1 Å². The summed E-state index contributed by atoms with van der Waals surface area (Å²) in [4.78, 5) is 28.9. The summed E-state index contributed by atoms with van der Waals surface area (Å²) in [5.74, 6) is 0. The SMILES string of the molecule is Cc1cncc(N(OCc2ccccn2)C(=O)N2CCc3cc(C)c(C(F)(F)F)cc32)c1. The van der Waals surface area contributed by atoms with Crippen molar-refractivity contribution in [2.45, 2.75) is 33.1 Å². The first kappa shape index (κ1) is 21.8. The molecule has 0 aliphatic carbocycles. The zero-order valence-electron chi connectivity index (χ0n) is 17.6. The van der Waals surface area contributed by atoms with Crippen LogP contribution >= 0.6 is 0 Å². The molecule has 2 aromatic heterocycles. The minimum Gasteiger partial charge on any atom is -0.292 e. The molecular formula is C23H21F3N4O2. The van der Waals surface area contributed by atoms with Crippen molar-refractivity contribution in [2.24, 2.45) is 0 Å². The number of pyridine rings is 2. The summed E-state index contributed by atoms with van der Waals surface area (Å²) in [6.07, 6.45) is 0.661. The topological polar surface area (TPSA) is 58.6 Å². The molecule has 6 nitrogen and oxygen atoms in total. The Hall–Kier alpha value is -3.46. The number of rotatable bonds is 4. The molecule has 3 heterocycles. The largest absolute Gasteiger partial charge is 0.416 e. The molecule has 9 heteroatoms. The van der Waals surface area contributed by atoms with Gasteiger partial charge in [0.2, 0.25) is 0 Å². The monoisotopic (exact) mass is 442 g/mol. The Morgan fingerprint density at radius 1 is 1.19 bits per heavy atom. The van der Waals surface area contributed by atoms with E-state index in [1.165, 1.54) is 24.1 Å². The molecule has 2 amide bonds. The predicted octanol–water partition coefficient (Wildman–Crippen LogP) is 5.23. The lowest BCUT2D eigenvalue weighted by molar-refractivity contribution is -0.138. The van der Waals surface area contributed by atoms with Gasteiger partial charge in [0.15, 0.2) is 0 Å². The van der Waals surface area contributed by atoms with E-state index in [4.69, 9.17) is 4.84 Å². The second-order valence-electron chi connectivity index (χ2n) is 7.59. The van der Waals surface area contributed by atoms with Crippen LogP contribution in [0.2, 0.25) is 0 Å². The number of hydrogen-bond donors (Lipinski definition) is 0. The molecule has 0 atom stereocenters. The van der Waals surface area contributed by atoms with E-state index < -0.39 is 17.8 Å². The number of benzene rings is 1. The molecule has 0 radical (unpaired) electrons. The van der Waals surface area contributed by atoms with Crippen LogP contribution in [0.25, 0.3) is 0 Å². The molecular weight excluding hydrogens is 421 g/mol.